The van der Waals surface area contributed by atoms with Crippen molar-refractivity contribution in [3.63, 3.8) is 0 Å². The molecule has 0 unspecified atom stereocenters. The Morgan fingerprint density at radius 3 is 2.91 bits per heavy atom. The first-order valence-corrected chi connectivity index (χ1v) is 7.19. The van der Waals surface area contributed by atoms with E-state index in [9.17, 15) is 0 Å². The summed E-state index contributed by atoms with van der Waals surface area (Å²) in [5, 5.41) is 8.22. The van der Waals surface area contributed by atoms with Gasteiger partial charge in [-0.05, 0) is 29.8 Å². The molecule has 0 amide bonds. The zero-order valence-electron chi connectivity index (χ0n) is 12.2. The van der Waals surface area contributed by atoms with E-state index in [1.54, 1.807) is 17.0 Å². The van der Waals surface area contributed by atoms with Crippen molar-refractivity contribution in [3.05, 3.63) is 72.1 Å². The maximum Gasteiger partial charge on any atom is 0.220 e. The number of aromatic nitrogens is 5. The highest BCUT2D eigenvalue weighted by Crippen LogP contribution is 2.16. The van der Waals surface area contributed by atoms with Crippen LogP contribution in [0, 0.1) is 0 Å². The lowest BCUT2D eigenvalue weighted by atomic mass is 10.3. The Balaban J connectivity index is 1.50. The Bertz CT molecular complexity index is 922. The summed E-state index contributed by atoms with van der Waals surface area (Å²) < 4.78 is 7.40. The Morgan fingerprint density at radius 2 is 2.04 bits per heavy atom. The summed E-state index contributed by atoms with van der Waals surface area (Å²) in [6.07, 6.45) is 9.05. The number of hydrogen-bond acceptors (Lipinski definition) is 5. The second-order valence-corrected chi connectivity index (χ2v) is 5.06. The highest BCUT2D eigenvalue weighted by molar-refractivity contribution is 5.75. The van der Waals surface area contributed by atoms with Crippen molar-refractivity contribution in [1.82, 2.24) is 25.0 Å². The molecule has 0 aliphatic rings. The quantitative estimate of drug-likeness (QED) is 0.579. The lowest BCUT2D eigenvalue weighted by Gasteiger charge is -1.98. The van der Waals surface area contributed by atoms with Crippen LogP contribution in [0.15, 0.2) is 59.4 Å². The van der Waals surface area contributed by atoms with Gasteiger partial charge in [0.05, 0.1) is 12.7 Å². The van der Waals surface area contributed by atoms with E-state index in [1.165, 1.54) is 0 Å². The summed E-state index contributed by atoms with van der Waals surface area (Å²) in [5.74, 6) is 0.549. The summed E-state index contributed by atoms with van der Waals surface area (Å²) in [7, 11) is 0. The van der Waals surface area contributed by atoms with Crippen LogP contribution in [0.25, 0.3) is 23.3 Å². The van der Waals surface area contributed by atoms with Gasteiger partial charge >= 0.3 is 0 Å². The second-order valence-electron chi connectivity index (χ2n) is 5.06. The van der Waals surface area contributed by atoms with Gasteiger partial charge in [0, 0.05) is 18.5 Å². The normalized spacial score (nSPS) is 11.5. The van der Waals surface area contributed by atoms with E-state index >= 15 is 0 Å². The standard InChI is InChI=1S/C17H13N5O/c1-2-6-16-15(5-1)19-17(23-16)8-7-14-12-22(21-20-14)11-13-4-3-9-18-10-13/h1-10,12H,11H2. The second kappa shape index (κ2) is 5.84. The molecule has 0 aliphatic heterocycles. The molecule has 4 rings (SSSR count). The molecule has 0 saturated carbocycles. The molecule has 0 aliphatic carbocycles. The molecule has 6 heteroatoms. The third kappa shape index (κ3) is 3.01. The number of benzene rings is 1. The largest absolute Gasteiger partial charge is 0.437 e. The summed E-state index contributed by atoms with van der Waals surface area (Å²) in [6, 6.07) is 11.6. The molecular weight excluding hydrogens is 290 g/mol. The van der Waals surface area contributed by atoms with Gasteiger partial charge in [0.2, 0.25) is 5.89 Å². The highest BCUT2D eigenvalue weighted by atomic mass is 16.3. The molecule has 3 heterocycles. The van der Waals surface area contributed by atoms with E-state index in [1.807, 2.05) is 54.9 Å². The average molecular weight is 303 g/mol. The van der Waals surface area contributed by atoms with Crippen molar-refractivity contribution in [2.75, 3.05) is 0 Å². The van der Waals surface area contributed by atoms with Crippen molar-refractivity contribution in [1.29, 1.82) is 0 Å². The number of hydrogen-bond donors (Lipinski definition) is 0. The number of rotatable bonds is 4. The number of pyridine rings is 1. The zero-order chi connectivity index (χ0) is 15.5. The van der Waals surface area contributed by atoms with Crippen LogP contribution in [0.5, 0.6) is 0 Å². The van der Waals surface area contributed by atoms with Gasteiger partial charge in [0.1, 0.15) is 11.2 Å². The maximum atomic E-state index is 5.63. The average Bonchev–Trinajstić information content (AvgIpc) is 3.20. The van der Waals surface area contributed by atoms with E-state index in [0.29, 0.717) is 12.4 Å². The van der Waals surface area contributed by atoms with Crippen LogP contribution in [0.3, 0.4) is 0 Å². The number of fused-ring (bicyclic) bond motifs is 1. The Labute approximate surface area is 132 Å². The fraction of sp³-hybridized carbons (Fsp3) is 0.0588. The Kier molecular flexibility index (Phi) is 3.40. The van der Waals surface area contributed by atoms with E-state index < -0.39 is 0 Å². The van der Waals surface area contributed by atoms with Crippen molar-refractivity contribution in [3.8, 4) is 0 Å². The number of nitrogens with zero attached hydrogens (tertiary/aromatic N) is 5. The minimum Gasteiger partial charge on any atom is -0.437 e. The summed E-state index contributed by atoms with van der Waals surface area (Å²) >= 11 is 0. The molecule has 0 saturated heterocycles. The van der Waals surface area contributed by atoms with E-state index in [-0.39, 0.29) is 0 Å². The molecular formula is C17H13N5O. The van der Waals surface area contributed by atoms with E-state index in [4.69, 9.17) is 4.42 Å². The number of para-hydroxylation sites is 2. The molecule has 0 radical (unpaired) electrons. The lowest BCUT2D eigenvalue weighted by molar-refractivity contribution is 0.589. The van der Waals surface area contributed by atoms with Gasteiger partial charge in [-0.1, -0.05) is 23.4 Å². The molecule has 0 N–H and O–H groups in total. The molecule has 4 aromatic rings. The fourth-order valence-corrected chi connectivity index (χ4v) is 2.26. The molecule has 0 spiro atoms. The summed E-state index contributed by atoms with van der Waals surface area (Å²) in [5.41, 5.74) is 3.43. The fourth-order valence-electron chi connectivity index (χ4n) is 2.26. The molecule has 0 fully saturated rings. The van der Waals surface area contributed by atoms with Crippen LogP contribution in [0.1, 0.15) is 17.1 Å². The van der Waals surface area contributed by atoms with Gasteiger partial charge in [-0.2, -0.15) is 0 Å². The SMILES string of the molecule is C(=Cc1nc2ccccc2o1)c1cn(Cc2cccnc2)nn1. The van der Waals surface area contributed by atoms with Crippen molar-refractivity contribution >= 4 is 23.3 Å². The minimum absolute atomic E-state index is 0.549. The first-order chi connectivity index (χ1) is 11.4. The van der Waals surface area contributed by atoms with Crippen LogP contribution in [0.4, 0.5) is 0 Å². The van der Waals surface area contributed by atoms with Gasteiger partial charge < -0.3 is 4.42 Å². The zero-order valence-corrected chi connectivity index (χ0v) is 12.2. The van der Waals surface area contributed by atoms with Crippen LogP contribution < -0.4 is 0 Å². The third-order valence-corrected chi connectivity index (χ3v) is 3.33. The van der Waals surface area contributed by atoms with Crippen LogP contribution >= 0.6 is 0 Å². The number of oxazole rings is 1. The van der Waals surface area contributed by atoms with Crippen molar-refractivity contribution < 1.29 is 4.42 Å². The summed E-state index contributed by atoms with van der Waals surface area (Å²) in [4.78, 5) is 8.47. The molecule has 23 heavy (non-hydrogen) atoms. The van der Waals surface area contributed by atoms with Gasteiger partial charge in [-0.25, -0.2) is 9.67 Å². The van der Waals surface area contributed by atoms with Gasteiger partial charge in [-0.3, -0.25) is 4.98 Å². The Hall–Kier alpha value is -3.28. The smallest absolute Gasteiger partial charge is 0.220 e. The van der Waals surface area contributed by atoms with Crippen LogP contribution in [-0.2, 0) is 6.54 Å². The van der Waals surface area contributed by atoms with Crippen LogP contribution in [-0.4, -0.2) is 25.0 Å². The van der Waals surface area contributed by atoms with Crippen molar-refractivity contribution in [2.45, 2.75) is 6.54 Å². The molecule has 1 aromatic carbocycles. The highest BCUT2D eigenvalue weighted by Gasteiger charge is 2.03. The Morgan fingerprint density at radius 1 is 1.09 bits per heavy atom. The molecule has 0 atom stereocenters. The summed E-state index contributed by atoms with van der Waals surface area (Å²) in [6.45, 7) is 0.636. The minimum atomic E-state index is 0.549. The van der Waals surface area contributed by atoms with Gasteiger partial charge in [0.25, 0.3) is 0 Å². The maximum absolute atomic E-state index is 5.63. The van der Waals surface area contributed by atoms with E-state index in [2.05, 4.69) is 20.3 Å². The first kappa shape index (κ1) is 13.4. The molecule has 6 nitrogen and oxygen atoms in total. The molecule has 0 bridgehead atoms. The topological polar surface area (TPSA) is 69.6 Å². The first-order valence-electron chi connectivity index (χ1n) is 7.19. The van der Waals surface area contributed by atoms with E-state index in [0.717, 1.165) is 22.4 Å². The van der Waals surface area contributed by atoms with Crippen molar-refractivity contribution in [2.24, 2.45) is 0 Å². The predicted molar refractivity (Wildman–Crippen MR) is 86.3 cm³/mol. The van der Waals surface area contributed by atoms with Gasteiger partial charge in [0.15, 0.2) is 5.58 Å². The predicted octanol–water partition coefficient (Wildman–Crippen LogP) is 3.03. The molecule has 3 aromatic heterocycles. The van der Waals surface area contributed by atoms with Crippen LogP contribution in [0.2, 0.25) is 0 Å². The molecule has 112 valence electrons. The lowest BCUT2D eigenvalue weighted by Crippen LogP contribution is -2.00. The monoisotopic (exact) mass is 303 g/mol. The third-order valence-electron chi connectivity index (χ3n) is 3.33. The van der Waals surface area contributed by atoms with Gasteiger partial charge in [-0.15, -0.1) is 5.10 Å².